The second-order valence-electron chi connectivity index (χ2n) is 6.25. The Bertz CT molecular complexity index is 310. The molecule has 110 valence electrons. The Morgan fingerprint density at radius 3 is 2.58 bits per heavy atom. The molecule has 3 nitrogen and oxygen atoms in total. The van der Waals surface area contributed by atoms with E-state index in [1.807, 2.05) is 0 Å². The third-order valence-electron chi connectivity index (χ3n) is 3.71. The maximum Gasteiger partial charge on any atom is 0.307 e. The van der Waals surface area contributed by atoms with Gasteiger partial charge in [-0.15, -0.1) is 0 Å². The van der Waals surface area contributed by atoms with E-state index in [0.717, 1.165) is 19.5 Å². The second-order valence-corrected chi connectivity index (χ2v) is 6.25. The minimum Gasteiger partial charge on any atom is -0.481 e. The Balaban J connectivity index is 2.44. The van der Waals surface area contributed by atoms with Gasteiger partial charge in [-0.1, -0.05) is 32.4 Å². The van der Waals surface area contributed by atoms with Gasteiger partial charge in [-0.2, -0.15) is 0 Å². The molecule has 0 fully saturated rings. The lowest BCUT2D eigenvalue weighted by Crippen LogP contribution is -2.35. The van der Waals surface area contributed by atoms with Crippen LogP contribution in [0.4, 0.5) is 0 Å². The fourth-order valence-electron chi connectivity index (χ4n) is 2.67. The first kappa shape index (κ1) is 16.2. The predicted octanol–water partition coefficient (Wildman–Crippen LogP) is 3.56. The maximum absolute atomic E-state index is 11.0. The standard InChI is InChI=1S/C16H29NO2/c1-13(2)11-17(12-14(3)16(18)19)10-9-15-7-5-4-6-8-15/h7,13-14H,4-6,8-12H2,1-3H3,(H,18,19). The maximum atomic E-state index is 11.0. The number of aliphatic carboxylic acids is 1. The average Bonchev–Trinajstić information content (AvgIpc) is 2.36. The SMILES string of the molecule is CC(C)CN(CCC1=CCCCC1)CC(C)C(=O)O. The summed E-state index contributed by atoms with van der Waals surface area (Å²) >= 11 is 0. The van der Waals surface area contributed by atoms with Gasteiger partial charge in [0.15, 0.2) is 0 Å². The topological polar surface area (TPSA) is 40.5 Å². The van der Waals surface area contributed by atoms with Crippen LogP contribution in [0.5, 0.6) is 0 Å². The van der Waals surface area contributed by atoms with Crippen molar-refractivity contribution in [2.45, 2.75) is 52.9 Å². The van der Waals surface area contributed by atoms with Crippen molar-refractivity contribution < 1.29 is 9.90 Å². The second kappa shape index (κ2) is 8.36. The van der Waals surface area contributed by atoms with Gasteiger partial charge in [0, 0.05) is 19.6 Å². The van der Waals surface area contributed by atoms with Crippen LogP contribution < -0.4 is 0 Å². The van der Waals surface area contributed by atoms with Crippen LogP contribution in [-0.2, 0) is 4.79 Å². The summed E-state index contributed by atoms with van der Waals surface area (Å²) in [5.74, 6) is -0.383. The normalized spacial score (nSPS) is 17.6. The molecular weight excluding hydrogens is 238 g/mol. The van der Waals surface area contributed by atoms with Crippen molar-refractivity contribution in [1.82, 2.24) is 4.90 Å². The van der Waals surface area contributed by atoms with Crippen LogP contribution in [0.25, 0.3) is 0 Å². The first-order valence-electron chi connectivity index (χ1n) is 7.62. The number of rotatable bonds is 8. The highest BCUT2D eigenvalue weighted by molar-refractivity contribution is 5.69. The largest absolute Gasteiger partial charge is 0.481 e. The molecule has 1 aliphatic carbocycles. The smallest absolute Gasteiger partial charge is 0.307 e. The summed E-state index contributed by atoms with van der Waals surface area (Å²) in [7, 11) is 0. The highest BCUT2D eigenvalue weighted by Crippen LogP contribution is 2.20. The van der Waals surface area contributed by atoms with E-state index in [1.54, 1.807) is 12.5 Å². The molecular formula is C16H29NO2. The molecule has 0 aromatic carbocycles. The van der Waals surface area contributed by atoms with E-state index in [4.69, 9.17) is 5.11 Å². The van der Waals surface area contributed by atoms with Gasteiger partial charge >= 0.3 is 5.97 Å². The van der Waals surface area contributed by atoms with Crippen LogP contribution in [0.1, 0.15) is 52.9 Å². The number of hydrogen-bond acceptors (Lipinski definition) is 2. The van der Waals surface area contributed by atoms with E-state index in [2.05, 4.69) is 24.8 Å². The van der Waals surface area contributed by atoms with Crippen molar-refractivity contribution in [1.29, 1.82) is 0 Å². The molecule has 1 rings (SSSR count). The molecule has 0 aliphatic heterocycles. The number of nitrogens with zero attached hydrogens (tertiary/aromatic N) is 1. The predicted molar refractivity (Wildman–Crippen MR) is 79.2 cm³/mol. The van der Waals surface area contributed by atoms with Gasteiger partial charge in [0.2, 0.25) is 0 Å². The molecule has 0 aromatic heterocycles. The molecule has 0 saturated heterocycles. The fourth-order valence-corrected chi connectivity index (χ4v) is 2.67. The number of carboxylic acids is 1. The zero-order chi connectivity index (χ0) is 14.3. The lowest BCUT2D eigenvalue weighted by Gasteiger charge is -2.27. The first-order chi connectivity index (χ1) is 8.99. The van der Waals surface area contributed by atoms with Crippen molar-refractivity contribution in [2.24, 2.45) is 11.8 Å². The molecule has 19 heavy (non-hydrogen) atoms. The van der Waals surface area contributed by atoms with Gasteiger partial charge in [0.05, 0.1) is 5.92 Å². The number of carbonyl (C=O) groups is 1. The third kappa shape index (κ3) is 6.76. The van der Waals surface area contributed by atoms with Gasteiger partial charge in [0.25, 0.3) is 0 Å². The Morgan fingerprint density at radius 2 is 2.05 bits per heavy atom. The molecule has 1 unspecified atom stereocenters. The van der Waals surface area contributed by atoms with E-state index in [-0.39, 0.29) is 5.92 Å². The van der Waals surface area contributed by atoms with E-state index >= 15 is 0 Å². The summed E-state index contributed by atoms with van der Waals surface area (Å²) in [6, 6.07) is 0. The molecule has 0 heterocycles. The molecule has 0 saturated carbocycles. The Hall–Kier alpha value is -0.830. The lowest BCUT2D eigenvalue weighted by molar-refractivity contribution is -0.141. The molecule has 3 heteroatoms. The zero-order valence-corrected chi connectivity index (χ0v) is 12.7. The van der Waals surface area contributed by atoms with Crippen LogP contribution in [0.2, 0.25) is 0 Å². The van der Waals surface area contributed by atoms with Crippen LogP contribution >= 0.6 is 0 Å². The van der Waals surface area contributed by atoms with E-state index < -0.39 is 5.97 Å². The van der Waals surface area contributed by atoms with E-state index in [1.165, 1.54) is 25.7 Å². The van der Waals surface area contributed by atoms with Gasteiger partial charge < -0.3 is 10.0 Å². The van der Waals surface area contributed by atoms with Gasteiger partial charge in [-0.3, -0.25) is 4.79 Å². The number of allylic oxidation sites excluding steroid dienone is 1. The van der Waals surface area contributed by atoms with Crippen molar-refractivity contribution in [3.05, 3.63) is 11.6 Å². The van der Waals surface area contributed by atoms with E-state index in [9.17, 15) is 4.79 Å². The highest BCUT2D eigenvalue weighted by atomic mass is 16.4. The highest BCUT2D eigenvalue weighted by Gasteiger charge is 2.17. The molecule has 0 spiro atoms. The fraction of sp³-hybridized carbons (Fsp3) is 0.812. The van der Waals surface area contributed by atoms with Crippen LogP contribution in [0, 0.1) is 11.8 Å². The van der Waals surface area contributed by atoms with Gasteiger partial charge in [0.1, 0.15) is 0 Å². The minimum atomic E-state index is -0.689. The van der Waals surface area contributed by atoms with Crippen molar-refractivity contribution in [3.8, 4) is 0 Å². The summed E-state index contributed by atoms with van der Waals surface area (Å²) in [6.45, 7) is 8.85. The van der Waals surface area contributed by atoms with Gasteiger partial charge in [-0.05, 0) is 38.0 Å². The van der Waals surface area contributed by atoms with Crippen molar-refractivity contribution >= 4 is 5.97 Å². The summed E-state index contributed by atoms with van der Waals surface area (Å²) in [4.78, 5) is 13.3. The Kier molecular flexibility index (Phi) is 7.14. The van der Waals surface area contributed by atoms with Crippen LogP contribution in [0.3, 0.4) is 0 Å². The Labute approximate surface area is 117 Å². The van der Waals surface area contributed by atoms with Crippen LogP contribution in [-0.4, -0.2) is 35.6 Å². The Morgan fingerprint density at radius 1 is 1.32 bits per heavy atom. The molecule has 0 aromatic rings. The zero-order valence-electron chi connectivity index (χ0n) is 12.7. The minimum absolute atomic E-state index is 0.279. The van der Waals surface area contributed by atoms with Crippen LogP contribution in [0.15, 0.2) is 11.6 Å². The first-order valence-corrected chi connectivity index (χ1v) is 7.62. The van der Waals surface area contributed by atoms with Crippen molar-refractivity contribution in [3.63, 3.8) is 0 Å². The summed E-state index contributed by atoms with van der Waals surface area (Å²) in [5, 5.41) is 9.04. The number of hydrogen-bond donors (Lipinski definition) is 1. The van der Waals surface area contributed by atoms with Crippen molar-refractivity contribution in [2.75, 3.05) is 19.6 Å². The molecule has 1 aliphatic rings. The summed E-state index contributed by atoms with van der Waals surface area (Å²) in [5.41, 5.74) is 1.57. The average molecular weight is 267 g/mol. The van der Waals surface area contributed by atoms with Gasteiger partial charge in [-0.25, -0.2) is 0 Å². The third-order valence-corrected chi connectivity index (χ3v) is 3.71. The van der Waals surface area contributed by atoms with E-state index in [0.29, 0.717) is 12.5 Å². The molecule has 1 atom stereocenters. The monoisotopic (exact) mass is 267 g/mol. The molecule has 0 radical (unpaired) electrons. The molecule has 0 bridgehead atoms. The quantitative estimate of drug-likeness (QED) is 0.684. The number of carboxylic acid groups (broad SMARTS) is 1. The lowest BCUT2D eigenvalue weighted by atomic mass is 9.97. The summed E-state index contributed by atoms with van der Waals surface area (Å²) in [6.07, 6.45) is 8.61. The molecule has 1 N–H and O–H groups in total. The molecule has 0 amide bonds. The summed E-state index contributed by atoms with van der Waals surface area (Å²) < 4.78 is 0.